The van der Waals surface area contributed by atoms with Crippen LogP contribution in [-0.4, -0.2) is 34.8 Å². The number of nitrogens with one attached hydrogen (secondary N) is 1. The summed E-state index contributed by atoms with van der Waals surface area (Å²) in [5.41, 5.74) is -0.660. The van der Waals surface area contributed by atoms with Crippen molar-refractivity contribution in [1.82, 2.24) is 10.2 Å². The number of carbonyl (C=O) groups is 2. The molecule has 1 aliphatic carbocycles. The zero-order chi connectivity index (χ0) is 15.6. The molecule has 2 rings (SSSR count). The van der Waals surface area contributed by atoms with Crippen LogP contribution in [-0.2, 0) is 9.59 Å². The van der Waals surface area contributed by atoms with Crippen LogP contribution in [0.3, 0.4) is 0 Å². The quantitative estimate of drug-likeness (QED) is 0.840. The molecule has 2 aliphatic rings. The van der Waals surface area contributed by atoms with Crippen molar-refractivity contribution in [3.05, 3.63) is 0 Å². The van der Waals surface area contributed by atoms with Crippen LogP contribution >= 0.6 is 0 Å². The van der Waals surface area contributed by atoms with Crippen LogP contribution < -0.4 is 5.32 Å². The number of likely N-dealkylation sites (tertiary alicyclic amines) is 1. The Balaban J connectivity index is 2.04. The number of nitriles is 1. The largest absolute Gasteiger partial charge is 0.336 e. The van der Waals surface area contributed by atoms with Crippen LogP contribution in [0, 0.1) is 23.2 Å². The molecule has 2 unspecified atom stereocenters. The topological polar surface area (TPSA) is 73.2 Å². The van der Waals surface area contributed by atoms with Crippen molar-refractivity contribution in [2.75, 3.05) is 6.54 Å². The number of hydrogen-bond donors (Lipinski definition) is 1. The Morgan fingerprint density at radius 1 is 1.48 bits per heavy atom. The van der Waals surface area contributed by atoms with Gasteiger partial charge in [0.15, 0.2) is 0 Å². The smallest absolute Gasteiger partial charge is 0.244 e. The zero-order valence-electron chi connectivity index (χ0n) is 13.2. The van der Waals surface area contributed by atoms with E-state index >= 15 is 0 Å². The summed E-state index contributed by atoms with van der Waals surface area (Å²) in [7, 11) is 0. The van der Waals surface area contributed by atoms with Crippen LogP contribution in [0.15, 0.2) is 0 Å². The molecule has 1 aliphatic heterocycles. The highest BCUT2D eigenvalue weighted by Crippen LogP contribution is 2.35. The maximum atomic E-state index is 12.5. The summed E-state index contributed by atoms with van der Waals surface area (Å²) in [6, 6.07) is 1.76. The third kappa shape index (κ3) is 3.37. The Bertz CT molecular complexity index is 465. The number of carbonyl (C=O) groups excluding carboxylic acids is 2. The van der Waals surface area contributed by atoms with Crippen molar-refractivity contribution in [3.8, 4) is 6.07 Å². The van der Waals surface area contributed by atoms with E-state index in [1.165, 1.54) is 0 Å². The fourth-order valence-electron chi connectivity index (χ4n) is 3.09. The first-order valence-corrected chi connectivity index (χ1v) is 7.96. The zero-order valence-corrected chi connectivity index (χ0v) is 13.2. The Morgan fingerprint density at radius 3 is 2.67 bits per heavy atom. The van der Waals surface area contributed by atoms with Crippen molar-refractivity contribution in [1.29, 1.82) is 5.26 Å². The Kier molecular flexibility index (Phi) is 4.55. The normalized spacial score (nSPS) is 27.8. The summed E-state index contributed by atoms with van der Waals surface area (Å²) in [4.78, 5) is 26.7. The van der Waals surface area contributed by atoms with Crippen LogP contribution in [0.2, 0.25) is 0 Å². The van der Waals surface area contributed by atoms with Crippen molar-refractivity contribution in [2.24, 2.45) is 11.8 Å². The van der Waals surface area contributed by atoms with Crippen LogP contribution in [0.25, 0.3) is 0 Å². The molecule has 3 atom stereocenters. The second kappa shape index (κ2) is 6.05. The molecule has 1 N–H and O–H groups in total. The number of hydrogen-bond acceptors (Lipinski definition) is 3. The molecule has 2 fully saturated rings. The molecule has 0 radical (unpaired) electrons. The van der Waals surface area contributed by atoms with E-state index in [0.29, 0.717) is 18.9 Å². The van der Waals surface area contributed by atoms with Crippen molar-refractivity contribution in [3.63, 3.8) is 0 Å². The van der Waals surface area contributed by atoms with Gasteiger partial charge in [-0.1, -0.05) is 27.2 Å². The van der Waals surface area contributed by atoms with Gasteiger partial charge in [-0.25, -0.2) is 0 Å². The van der Waals surface area contributed by atoms with E-state index < -0.39 is 11.6 Å². The van der Waals surface area contributed by atoms with Gasteiger partial charge in [0, 0.05) is 12.5 Å². The first-order valence-electron chi connectivity index (χ1n) is 7.96. The van der Waals surface area contributed by atoms with Gasteiger partial charge in [-0.05, 0) is 31.6 Å². The maximum Gasteiger partial charge on any atom is 0.244 e. The third-order valence-corrected chi connectivity index (χ3v) is 4.57. The molecular weight excluding hydrogens is 266 g/mol. The first-order chi connectivity index (χ1) is 9.92. The number of amides is 2. The molecule has 116 valence electrons. The molecule has 1 saturated heterocycles. The van der Waals surface area contributed by atoms with Gasteiger partial charge in [0.25, 0.3) is 0 Å². The molecule has 5 heteroatoms. The van der Waals surface area contributed by atoms with Gasteiger partial charge in [-0.2, -0.15) is 5.26 Å². The highest BCUT2D eigenvalue weighted by molar-refractivity contribution is 5.90. The Morgan fingerprint density at radius 2 is 2.14 bits per heavy atom. The molecular formula is C16H25N3O2. The Labute approximate surface area is 126 Å². The maximum absolute atomic E-state index is 12.5. The van der Waals surface area contributed by atoms with Gasteiger partial charge in [0.2, 0.25) is 11.8 Å². The van der Waals surface area contributed by atoms with Gasteiger partial charge < -0.3 is 10.2 Å². The number of nitrogens with zero attached hydrogens (tertiary/aromatic N) is 2. The lowest BCUT2D eigenvalue weighted by atomic mass is 10.0. The lowest BCUT2D eigenvalue weighted by Crippen LogP contribution is -2.50. The second-order valence-corrected chi connectivity index (χ2v) is 6.72. The predicted octanol–water partition coefficient (Wildman–Crippen LogP) is 1.83. The lowest BCUT2D eigenvalue weighted by molar-refractivity contribution is -0.141. The van der Waals surface area contributed by atoms with Crippen molar-refractivity contribution in [2.45, 2.75) is 64.5 Å². The average molecular weight is 291 g/mol. The summed E-state index contributed by atoms with van der Waals surface area (Å²) in [6.45, 7) is 6.70. The Hall–Kier alpha value is -1.57. The third-order valence-electron chi connectivity index (χ3n) is 4.57. The molecule has 0 aromatic heterocycles. The van der Waals surface area contributed by atoms with E-state index in [4.69, 9.17) is 5.26 Å². The van der Waals surface area contributed by atoms with E-state index in [0.717, 1.165) is 25.7 Å². The minimum absolute atomic E-state index is 0.0403. The molecule has 2 amide bonds. The summed E-state index contributed by atoms with van der Waals surface area (Å²) in [6.07, 6.45) is 3.94. The minimum atomic E-state index is -0.660. The molecule has 0 spiro atoms. The standard InChI is InChI=1S/C16H25N3O2/c1-4-5-12(3)15(21)19-9-11(2)8-13(19)14(20)18-16(10-17)6-7-16/h11-13H,4-9H2,1-3H3,(H,18,20)/t11-,12?,13?/m1/s1. The highest BCUT2D eigenvalue weighted by atomic mass is 16.2. The fourth-order valence-corrected chi connectivity index (χ4v) is 3.09. The van der Waals surface area contributed by atoms with Crippen LogP contribution in [0.1, 0.15) is 52.9 Å². The van der Waals surface area contributed by atoms with E-state index in [1.807, 2.05) is 6.92 Å². The highest BCUT2D eigenvalue weighted by Gasteiger charge is 2.48. The van der Waals surface area contributed by atoms with Crippen LogP contribution in [0.5, 0.6) is 0 Å². The fraction of sp³-hybridized carbons (Fsp3) is 0.812. The molecule has 0 aromatic carbocycles. The summed E-state index contributed by atoms with van der Waals surface area (Å²) in [5.74, 6) is 0.204. The molecule has 1 saturated carbocycles. The lowest BCUT2D eigenvalue weighted by Gasteiger charge is -2.27. The van der Waals surface area contributed by atoms with Gasteiger partial charge in [0.1, 0.15) is 11.6 Å². The SMILES string of the molecule is CCCC(C)C(=O)N1C[C@H](C)CC1C(=O)NC1(C#N)CC1. The van der Waals surface area contributed by atoms with Gasteiger partial charge in [-0.3, -0.25) is 9.59 Å². The molecule has 0 aromatic rings. The first kappa shape index (κ1) is 15.8. The van der Waals surface area contributed by atoms with E-state index in [-0.39, 0.29) is 17.7 Å². The van der Waals surface area contributed by atoms with Crippen LogP contribution in [0.4, 0.5) is 0 Å². The molecule has 5 nitrogen and oxygen atoms in total. The predicted molar refractivity (Wildman–Crippen MR) is 79.1 cm³/mol. The number of rotatable bonds is 5. The molecule has 1 heterocycles. The molecule has 21 heavy (non-hydrogen) atoms. The van der Waals surface area contributed by atoms with Crippen molar-refractivity contribution >= 4 is 11.8 Å². The average Bonchev–Trinajstić information content (AvgIpc) is 3.11. The summed E-state index contributed by atoms with van der Waals surface area (Å²) in [5, 5.41) is 11.9. The second-order valence-electron chi connectivity index (χ2n) is 6.72. The van der Waals surface area contributed by atoms with Gasteiger partial charge >= 0.3 is 0 Å². The monoisotopic (exact) mass is 291 g/mol. The van der Waals surface area contributed by atoms with Crippen molar-refractivity contribution < 1.29 is 9.59 Å². The van der Waals surface area contributed by atoms with E-state index in [9.17, 15) is 9.59 Å². The minimum Gasteiger partial charge on any atom is -0.336 e. The summed E-state index contributed by atoms with van der Waals surface area (Å²) < 4.78 is 0. The van der Waals surface area contributed by atoms with E-state index in [2.05, 4.69) is 25.2 Å². The van der Waals surface area contributed by atoms with Gasteiger partial charge in [-0.15, -0.1) is 0 Å². The molecule has 0 bridgehead atoms. The van der Waals surface area contributed by atoms with E-state index in [1.54, 1.807) is 4.90 Å². The van der Waals surface area contributed by atoms with Gasteiger partial charge in [0.05, 0.1) is 6.07 Å². The summed E-state index contributed by atoms with van der Waals surface area (Å²) >= 11 is 0.